The molecule has 0 radical (unpaired) electrons. The molecular formula is C26H26N2O5. The molecule has 0 saturated carbocycles. The molecule has 3 aromatic rings. The Balaban J connectivity index is 1.59. The van der Waals surface area contributed by atoms with E-state index in [1.807, 2.05) is 32.0 Å². The van der Waals surface area contributed by atoms with E-state index < -0.39 is 5.91 Å². The normalized spacial score (nSPS) is 10.9. The van der Waals surface area contributed by atoms with E-state index in [9.17, 15) is 10.1 Å². The van der Waals surface area contributed by atoms with Crippen molar-refractivity contribution in [2.75, 3.05) is 20.3 Å². The zero-order chi connectivity index (χ0) is 23.6. The molecule has 0 bridgehead atoms. The van der Waals surface area contributed by atoms with Crippen LogP contribution in [0.5, 0.6) is 17.2 Å². The lowest BCUT2D eigenvalue weighted by Gasteiger charge is -2.13. The van der Waals surface area contributed by atoms with Crippen molar-refractivity contribution < 1.29 is 23.4 Å². The van der Waals surface area contributed by atoms with E-state index in [1.165, 1.54) is 19.4 Å². The molecule has 2 aromatic carbocycles. The van der Waals surface area contributed by atoms with E-state index in [1.54, 1.807) is 30.3 Å². The van der Waals surface area contributed by atoms with Crippen molar-refractivity contribution in [3.05, 3.63) is 82.8 Å². The van der Waals surface area contributed by atoms with Crippen LogP contribution in [0.4, 0.5) is 0 Å². The minimum Gasteiger partial charge on any atom is -0.493 e. The number of ether oxygens (including phenoxy) is 3. The average Bonchev–Trinajstić information content (AvgIpc) is 3.32. The van der Waals surface area contributed by atoms with Crippen LogP contribution in [0.1, 0.15) is 22.5 Å². The predicted octanol–water partition coefficient (Wildman–Crippen LogP) is 4.59. The minimum absolute atomic E-state index is 0.0286. The number of carbonyl (C=O) groups is 1. The molecule has 1 amide bonds. The van der Waals surface area contributed by atoms with E-state index in [0.717, 1.165) is 16.9 Å². The fourth-order valence-corrected chi connectivity index (χ4v) is 3.21. The second-order valence-electron chi connectivity index (χ2n) is 7.36. The van der Waals surface area contributed by atoms with Gasteiger partial charge in [-0.2, -0.15) is 5.26 Å². The summed E-state index contributed by atoms with van der Waals surface area (Å²) in [5, 5.41) is 12.1. The SMILES string of the molecule is COc1cc(C=C(C#N)C(=O)NCc2ccco2)ccc1OCCOc1cc(C)cc(C)c1. The van der Waals surface area contributed by atoms with E-state index in [4.69, 9.17) is 18.6 Å². The number of hydrogen-bond donors (Lipinski definition) is 1. The van der Waals surface area contributed by atoms with Gasteiger partial charge in [0.05, 0.1) is 19.9 Å². The van der Waals surface area contributed by atoms with E-state index >= 15 is 0 Å². The third-order valence-electron chi connectivity index (χ3n) is 4.67. The van der Waals surface area contributed by atoms with Gasteiger partial charge in [0, 0.05) is 0 Å². The summed E-state index contributed by atoms with van der Waals surface area (Å²) in [6.07, 6.45) is 3.01. The van der Waals surface area contributed by atoms with Crippen LogP contribution in [0.15, 0.2) is 64.8 Å². The third-order valence-corrected chi connectivity index (χ3v) is 4.67. The second kappa shape index (κ2) is 11.4. The minimum atomic E-state index is -0.489. The summed E-state index contributed by atoms with van der Waals surface area (Å²) >= 11 is 0. The topological polar surface area (TPSA) is 93.7 Å². The van der Waals surface area contributed by atoms with Crippen LogP contribution < -0.4 is 19.5 Å². The molecule has 1 heterocycles. The summed E-state index contributed by atoms with van der Waals surface area (Å²) in [5.41, 5.74) is 2.89. The maximum atomic E-state index is 12.3. The van der Waals surface area contributed by atoms with Crippen LogP contribution in [-0.4, -0.2) is 26.2 Å². The zero-order valence-electron chi connectivity index (χ0n) is 18.9. The van der Waals surface area contributed by atoms with Gasteiger partial charge in [0.1, 0.15) is 36.4 Å². The van der Waals surface area contributed by atoms with Crippen LogP contribution in [0.25, 0.3) is 6.08 Å². The number of amides is 1. The third kappa shape index (κ3) is 6.91. The van der Waals surface area contributed by atoms with Gasteiger partial charge in [0.15, 0.2) is 11.5 Å². The number of furan rings is 1. The lowest BCUT2D eigenvalue weighted by molar-refractivity contribution is -0.117. The van der Waals surface area contributed by atoms with Gasteiger partial charge in [0.25, 0.3) is 5.91 Å². The molecule has 170 valence electrons. The molecule has 0 saturated heterocycles. The monoisotopic (exact) mass is 446 g/mol. The fourth-order valence-electron chi connectivity index (χ4n) is 3.21. The second-order valence-corrected chi connectivity index (χ2v) is 7.36. The van der Waals surface area contributed by atoms with Crippen LogP contribution in [0.2, 0.25) is 0 Å². The number of nitrogens with zero attached hydrogens (tertiary/aromatic N) is 1. The molecule has 0 aliphatic heterocycles. The van der Waals surface area contributed by atoms with Crippen molar-refractivity contribution in [1.82, 2.24) is 5.32 Å². The van der Waals surface area contributed by atoms with E-state index in [-0.39, 0.29) is 12.1 Å². The van der Waals surface area contributed by atoms with Gasteiger partial charge in [0.2, 0.25) is 0 Å². The number of aryl methyl sites for hydroxylation is 2. The highest BCUT2D eigenvalue weighted by molar-refractivity contribution is 6.01. The number of carbonyl (C=O) groups excluding carboxylic acids is 1. The van der Waals surface area contributed by atoms with Gasteiger partial charge >= 0.3 is 0 Å². The van der Waals surface area contributed by atoms with Gasteiger partial charge in [-0.25, -0.2) is 0 Å². The van der Waals surface area contributed by atoms with Gasteiger partial charge in [-0.05, 0) is 73.0 Å². The molecule has 7 heteroatoms. The van der Waals surface area contributed by atoms with Gasteiger partial charge in [-0.3, -0.25) is 4.79 Å². The smallest absolute Gasteiger partial charge is 0.262 e. The highest BCUT2D eigenvalue weighted by atomic mass is 16.5. The summed E-state index contributed by atoms with van der Waals surface area (Å²) in [5.74, 6) is 1.95. The first kappa shape index (κ1) is 23.5. The first-order valence-electron chi connectivity index (χ1n) is 10.4. The quantitative estimate of drug-likeness (QED) is 0.278. The number of nitrogens with one attached hydrogen (secondary N) is 1. The van der Waals surface area contributed by atoms with Crippen LogP contribution in [0.3, 0.4) is 0 Å². The zero-order valence-corrected chi connectivity index (χ0v) is 18.9. The molecule has 0 aliphatic carbocycles. The molecule has 3 rings (SSSR count). The Morgan fingerprint density at radius 1 is 1.06 bits per heavy atom. The summed E-state index contributed by atoms with van der Waals surface area (Å²) in [6, 6.07) is 16.6. The van der Waals surface area contributed by atoms with E-state index in [2.05, 4.69) is 11.4 Å². The first-order valence-corrected chi connectivity index (χ1v) is 10.4. The molecule has 0 unspecified atom stereocenters. The van der Waals surface area contributed by atoms with Crippen molar-refractivity contribution in [2.24, 2.45) is 0 Å². The first-order chi connectivity index (χ1) is 16.0. The Morgan fingerprint density at radius 3 is 2.48 bits per heavy atom. The van der Waals surface area contributed by atoms with Crippen molar-refractivity contribution in [3.63, 3.8) is 0 Å². The molecule has 0 atom stereocenters. The molecule has 0 spiro atoms. The summed E-state index contributed by atoms with van der Waals surface area (Å²) in [7, 11) is 1.53. The fraction of sp³-hybridized carbons (Fsp3) is 0.231. The number of rotatable bonds is 10. The maximum absolute atomic E-state index is 12.3. The summed E-state index contributed by atoms with van der Waals surface area (Å²) in [6.45, 7) is 4.96. The molecule has 1 aromatic heterocycles. The van der Waals surface area contributed by atoms with Crippen molar-refractivity contribution in [1.29, 1.82) is 5.26 Å². The molecule has 0 aliphatic rings. The number of methoxy groups -OCH3 is 1. The molecule has 7 nitrogen and oxygen atoms in total. The highest BCUT2D eigenvalue weighted by Gasteiger charge is 2.11. The molecular weight excluding hydrogens is 420 g/mol. The standard InChI is InChI=1S/C26H26N2O5/c1-18-11-19(2)13-23(12-18)32-9-10-33-24-7-6-20(15-25(24)30-3)14-21(16-27)26(29)28-17-22-5-4-8-31-22/h4-8,11-15H,9-10,17H2,1-3H3,(H,28,29). The van der Waals surface area contributed by atoms with Crippen molar-refractivity contribution in [3.8, 4) is 23.3 Å². The Kier molecular flexibility index (Phi) is 8.14. The Hall–Kier alpha value is -4.18. The van der Waals surface area contributed by atoms with Gasteiger partial charge < -0.3 is 23.9 Å². The maximum Gasteiger partial charge on any atom is 0.262 e. The number of benzene rings is 2. The van der Waals surface area contributed by atoms with Gasteiger partial charge in [-0.1, -0.05) is 12.1 Å². The average molecular weight is 447 g/mol. The lowest BCUT2D eigenvalue weighted by atomic mass is 10.1. The summed E-state index contributed by atoms with van der Waals surface area (Å²) in [4.78, 5) is 12.3. The Morgan fingerprint density at radius 2 is 1.82 bits per heavy atom. The van der Waals surface area contributed by atoms with Crippen molar-refractivity contribution >= 4 is 12.0 Å². The highest BCUT2D eigenvalue weighted by Crippen LogP contribution is 2.29. The van der Waals surface area contributed by atoms with Crippen molar-refractivity contribution in [2.45, 2.75) is 20.4 Å². The Labute approximate surface area is 193 Å². The largest absolute Gasteiger partial charge is 0.493 e. The van der Waals surface area contributed by atoms with E-state index in [0.29, 0.717) is 36.0 Å². The number of hydrogen-bond acceptors (Lipinski definition) is 6. The van der Waals surface area contributed by atoms with Crippen LogP contribution in [-0.2, 0) is 11.3 Å². The molecule has 33 heavy (non-hydrogen) atoms. The predicted molar refractivity (Wildman–Crippen MR) is 124 cm³/mol. The molecule has 0 fully saturated rings. The Bertz CT molecular complexity index is 1140. The van der Waals surface area contributed by atoms with Gasteiger partial charge in [-0.15, -0.1) is 0 Å². The van der Waals surface area contributed by atoms with Crippen LogP contribution >= 0.6 is 0 Å². The molecule has 1 N–H and O–H groups in total. The summed E-state index contributed by atoms with van der Waals surface area (Å²) < 4.78 is 22.2. The number of nitriles is 1. The van der Waals surface area contributed by atoms with Crippen LogP contribution in [0, 0.1) is 25.2 Å². The lowest BCUT2D eigenvalue weighted by Crippen LogP contribution is -2.23.